The van der Waals surface area contributed by atoms with Crippen LogP contribution in [-0.4, -0.2) is 36.5 Å². The molecule has 3 amide bonds. The molecule has 0 saturated heterocycles. The Labute approximate surface area is 156 Å². The second kappa shape index (κ2) is 10.4. The Bertz CT molecular complexity index is 717. The first kappa shape index (κ1) is 19.7. The Morgan fingerprint density at radius 2 is 1.88 bits per heavy atom. The van der Waals surface area contributed by atoms with Gasteiger partial charge in [0.05, 0.1) is 6.54 Å². The maximum Gasteiger partial charge on any atom is 0.318 e. The maximum atomic E-state index is 12.8. The van der Waals surface area contributed by atoms with Gasteiger partial charge in [-0.05, 0) is 42.1 Å². The van der Waals surface area contributed by atoms with E-state index in [0.717, 1.165) is 4.88 Å². The quantitative estimate of drug-likeness (QED) is 0.521. The molecular formula is C19H22FN3O2S. The van der Waals surface area contributed by atoms with Gasteiger partial charge in [-0.1, -0.05) is 12.1 Å². The van der Waals surface area contributed by atoms with E-state index in [2.05, 4.69) is 17.2 Å². The summed E-state index contributed by atoms with van der Waals surface area (Å²) in [6, 6.07) is 9.14. The molecule has 0 aliphatic carbocycles. The zero-order valence-corrected chi connectivity index (χ0v) is 15.2. The molecule has 2 rings (SSSR count). The van der Waals surface area contributed by atoms with Gasteiger partial charge in [-0.25, -0.2) is 9.18 Å². The van der Waals surface area contributed by atoms with Crippen molar-refractivity contribution in [2.75, 3.05) is 19.6 Å². The molecule has 1 aromatic carbocycles. The first-order valence-corrected chi connectivity index (χ1v) is 9.18. The van der Waals surface area contributed by atoms with Crippen molar-refractivity contribution in [1.82, 2.24) is 15.5 Å². The van der Waals surface area contributed by atoms with E-state index in [1.54, 1.807) is 22.3 Å². The number of thiophene rings is 1. The fourth-order valence-corrected chi connectivity index (χ4v) is 2.99. The van der Waals surface area contributed by atoms with Crippen LogP contribution in [0.4, 0.5) is 9.18 Å². The number of halogens is 1. The summed E-state index contributed by atoms with van der Waals surface area (Å²) in [5, 5.41) is 7.56. The summed E-state index contributed by atoms with van der Waals surface area (Å²) in [7, 11) is 0. The predicted molar refractivity (Wildman–Crippen MR) is 102 cm³/mol. The van der Waals surface area contributed by atoms with E-state index in [9.17, 15) is 14.0 Å². The van der Waals surface area contributed by atoms with E-state index in [0.29, 0.717) is 38.2 Å². The third kappa shape index (κ3) is 6.33. The van der Waals surface area contributed by atoms with Crippen LogP contribution in [-0.2, 0) is 6.54 Å². The van der Waals surface area contributed by atoms with Crippen molar-refractivity contribution in [3.05, 3.63) is 70.7 Å². The molecule has 0 radical (unpaired) electrons. The highest BCUT2D eigenvalue weighted by Crippen LogP contribution is 2.11. The van der Waals surface area contributed by atoms with E-state index >= 15 is 0 Å². The summed E-state index contributed by atoms with van der Waals surface area (Å²) in [6.45, 7) is 5.55. The summed E-state index contributed by atoms with van der Waals surface area (Å²) in [5.74, 6) is -0.641. The van der Waals surface area contributed by atoms with Crippen LogP contribution in [0.2, 0.25) is 0 Å². The van der Waals surface area contributed by atoms with Gasteiger partial charge >= 0.3 is 6.03 Å². The van der Waals surface area contributed by atoms with Gasteiger partial charge < -0.3 is 15.5 Å². The van der Waals surface area contributed by atoms with E-state index in [4.69, 9.17) is 0 Å². The van der Waals surface area contributed by atoms with Crippen LogP contribution in [0, 0.1) is 5.82 Å². The van der Waals surface area contributed by atoms with Gasteiger partial charge in [0.2, 0.25) is 0 Å². The second-order valence-corrected chi connectivity index (χ2v) is 6.63. The summed E-state index contributed by atoms with van der Waals surface area (Å²) in [6.07, 6.45) is 2.29. The Kier molecular flexibility index (Phi) is 7.82. The molecule has 138 valence electrons. The minimum Gasteiger partial charge on any atom is -0.352 e. The number of nitrogens with zero attached hydrogens (tertiary/aromatic N) is 1. The number of carbonyl (C=O) groups excluding carboxylic acids is 2. The molecule has 0 fully saturated rings. The molecule has 0 aliphatic rings. The maximum absolute atomic E-state index is 12.8. The molecule has 0 spiro atoms. The zero-order chi connectivity index (χ0) is 18.8. The molecule has 2 aromatic rings. The minimum atomic E-state index is -0.379. The third-order valence-corrected chi connectivity index (χ3v) is 4.45. The van der Waals surface area contributed by atoms with Crippen molar-refractivity contribution >= 4 is 23.3 Å². The van der Waals surface area contributed by atoms with Crippen LogP contribution in [0.1, 0.15) is 21.7 Å². The number of nitrogens with one attached hydrogen (secondary N) is 2. The lowest BCUT2D eigenvalue weighted by atomic mass is 10.2. The summed E-state index contributed by atoms with van der Waals surface area (Å²) in [5.41, 5.74) is 0.406. The SMILES string of the molecule is C=CCN(Cc1cccs1)C(=O)NCCCNC(=O)c1ccc(F)cc1. The molecule has 26 heavy (non-hydrogen) atoms. The number of carbonyl (C=O) groups is 2. The second-order valence-electron chi connectivity index (χ2n) is 5.60. The molecule has 0 aliphatic heterocycles. The fraction of sp³-hybridized carbons (Fsp3) is 0.263. The van der Waals surface area contributed by atoms with E-state index in [1.807, 2.05) is 17.5 Å². The van der Waals surface area contributed by atoms with E-state index < -0.39 is 0 Å². The zero-order valence-electron chi connectivity index (χ0n) is 14.4. The van der Waals surface area contributed by atoms with Crippen molar-refractivity contribution < 1.29 is 14.0 Å². The van der Waals surface area contributed by atoms with Crippen LogP contribution in [0.3, 0.4) is 0 Å². The van der Waals surface area contributed by atoms with Gasteiger partial charge in [0.15, 0.2) is 0 Å². The largest absolute Gasteiger partial charge is 0.352 e. The standard InChI is InChI=1S/C19H22FN3O2S/c1-2-12-23(14-17-5-3-13-26-17)19(25)22-11-4-10-21-18(24)15-6-8-16(20)9-7-15/h2-3,5-9,13H,1,4,10-12,14H2,(H,21,24)(H,22,25). The van der Waals surface area contributed by atoms with E-state index in [1.165, 1.54) is 24.3 Å². The number of hydrogen-bond acceptors (Lipinski definition) is 3. The molecule has 0 saturated carbocycles. The van der Waals surface area contributed by atoms with Gasteiger partial charge in [-0.2, -0.15) is 0 Å². The van der Waals surface area contributed by atoms with Crippen LogP contribution in [0.25, 0.3) is 0 Å². The molecule has 0 atom stereocenters. The van der Waals surface area contributed by atoms with Crippen molar-refractivity contribution in [3.8, 4) is 0 Å². The van der Waals surface area contributed by atoms with Crippen molar-refractivity contribution in [3.63, 3.8) is 0 Å². The first-order chi connectivity index (χ1) is 12.6. The fourth-order valence-electron chi connectivity index (χ4n) is 2.27. The Morgan fingerprint density at radius 3 is 2.54 bits per heavy atom. The number of rotatable bonds is 9. The Hall–Kier alpha value is -2.67. The summed E-state index contributed by atoms with van der Waals surface area (Å²) in [4.78, 5) is 26.9. The topological polar surface area (TPSA) is 61.4 Å². The smallest absolute Gasteiger partial charge is 0.318 e. The van der Waals surface area contributed by atoms with Crippen molar-refractivity contribution in [1.29, 1.82) is 0 Å². The Balaban J connectivity index is 1.68. The average molecular weight is 375 g/mol. The van der Waals surface area contributed by atoms with Gasteiger partial charge in [-0.15, -0.1) is 17.9 Å². The number of urea groups is 1. The number of amides is 3. The molecule has 5 nitrogen and oxygen atoms in total. The first-order valence-electron chi connectivity index (χ1n) is 8.30. The van der Waals surface area contributed by atoms with Gasteiger partial charge in [0.25, 0.3) is 5.91 Å². The lowest BCUT2D eigenvalue weighted by Crippen LogP contribution is -2.40. The molecule has 0 bridgehead atoms. The highest BCUT2D eigenvalue weighted by Gasteiger charge is 2.12. The third-order valence-electron chi connectivity index (χ3n) is 3.59. The lowest BCUT2D eigenvalue weighted by Gasteiger charge is -2.21. The normalized spacial score (nSPS) is 10.2. The molecule has 7 heteroatoms. The van der Waals surface area contributed by atoms with Crippen molar-refractivity contribution in [2.45, 2.75) is 13.0 Å². The van der Waals surface area contributed by atoms with E-state index in [-0.39, 0.29) is 17.8 Å². The lowest BCUT2D eigenvalue weighted by molar-refractivity contribution is 0.0953. The monoisotopic (exact) mass is 375 g/mol. The molecular weight excluding hydrogens is 353 g/mol. The van der Waals surface area contributed by atoms with Gasteiger partial charge in [0.1, 0.15) is 5.82 Å². The van der Waals surface area contributed by atoms with Gasteiger partial charge in [0, 0.05) is 30.1 Å². The summed E-state index contributed by atoms with van der Waals surface area (Å²) < 4.78 is 12.8. The molecule has 1 aromatic heterocycles. The molecule has 2 N–H and O–H groups in total. The van der Waals surface area contributed by atoms with Crippen molar-refractivity contribution in [2.24, 2.45) is 0 Å². The highest BCUT2D eigenvalue weighted by atomic mass is 32.1. The highest BCUT2D eigenvalue weighted by molar-refractivity contribution is 7.09. The summed E-state index contributed by atoms with van der Waals surface area (Å²) >= 11 is 1.60. The van der Waals surface area contributed by atoms with Crippen LogP contribution >= 0.6 is 11.3 Å². The Morgan fingerprint density at radius 1 is 1.15 bits per heavy atom. The minimum absolute atomic E-state index is 0.164. The average Bonchev–Trinajstić information content (AvgIpc) is 3.14. The number of benzene rings is 1. The molecule has 0 unspecified atom stereocenters. The van der Waals surface area contributed by atoms with Crippen LogP contribution < -0.4 is 10.6 Å². The van der Waals surface area contributed by atoms with Crippen LogP contribution in [0.15, 0.2) is 54.4 Å². The number of hydrogen-bond donors (Lipinski definition) is 2. The predicted octanol–water partition coefficient (Wildman–Crippen LogP) is 3.40. The van der Waals surface area contributed by atoms with Crippen LogP contribution in [0.5, 0.6) is 0 Å². The molecule has 1 heterocycles. The van der Waals surface area contributed by atoms with Gasteiger partial charge in [-0.3, -0.25) is 4.79 Å².